The second-order valence-corrected chi connectivity index (χ2v) is 7.75. The maximum absolute atomic E-state index is 12.0. The average molecular weight is 454 g/mol. The standard InChI is InChI=1S/C25H31N3O5/c1-18-10-11-21(17-19(18)2)26-22(29)12-13-23(30)27-28-24(31)14-15-25(32)33-16-6-9-20-7-4-3-5-8-20/h3-5,7-8,10-11,17H,6,9,12-16H2,1-2H3,(H,26,29)(H,27,30)(H,28,31). The number of esters is 1. The molecule has 0 atom stereocenters. The fourth-order valence-corrected chi connectivity index (χ4v) is 2.93. The molecule has 0 aromatic heterocycles. The number of aryl methyl sites for hydroxylation is 3. The van der Waals surface area contributed by atoms with E-state index in [9.17, 15) is 19.2 Å². The molecular formula is C25H31N3O5. The highest BCUT2D eigenvalue weighted by molar-refractivity contribution is 5.93. The maximum atomic E-state index is 12.0. The Morgan fingerprint density at radius 3 is 2.06 bits per heavy atom. The van der Waals surface area contributed by atoms with Crippen LogP contribution in [-0.4, -0.2) is 30.3 Å². The molecule has 0 saturated carbocycles. The van der Waals surface area contributed by atoms with Crippen LogP contribution in [0.5, 0.6) is 0 Å². The summed E-state index contributed by atoms with van der Waals surface area (Å²) in [6, 6.07) is 15.5. The minimum Gasteiger partial charge on any atom is -0.466 e. The summed E-state index contributed by atoms with van der Waals surface area (Å²) in [6.45, 7) is 4.22. The van der Waals surface area contributed by atoms with Gasteiger partial charge in [0.1, 0.15) is 0 Å². The minimum absolute atomic E-state index is 0.0239. The van der Waals surface area contributed by atoms with Gasteiger partial charge in [-0.15, -0.1) is 0 Å². The molecule has 0 fully saturated rings. The molecule has 3 N–H and O–H groups in total. The van der Waals surface area contributed by atoms with E-state index in [0.717, 1.165) is 17.5 Å². The van der Waals surface area contributed by atoms with Crippen molar-refractivity contribution in [1.82, 2.24) is 10.9 Å². The maximum Gasteiger partial charge on any atom is 0.306 e. The molecule has 0 aliphatic rings. The number of benzene rings is 2. The van der Waals surface area contributed by atoms with E-state index in [2.05, 4.69) is 16.2 Å². The molecule has 0 saturated heterocycles. The Morgan fingerprint density at radius 2 is 1.39 bits per heavy atom. The van der Waals surface area contributed by atoms with Crippen LogP contribution in [0.4, 0.5) is 5.69 Å². The molecule has 8 nitrogen and oxygen atoms in total. The van der Waals surface area contributed by atoms with Crippen molar-refractivity contribution in [3.05, 3.63) is 65.2 Å². The van der Waals surface area contributed by atoms with E-state index in [1.807, 2.05) is 56.3 Å². The lowest BCUT2D eigenvalue weighted by Gasteiger charge is -2.09. The van der Waals surface area contributed by atoms with Gasteiger partial charge >= 0.3 is 5.97 Å². The van der Waals surface area contributed by atoms with Gasteiger partial charge in [-0.25, -0.2) is 0 Å². The number of carbonyl (C=O) groups excluding carboxylic acids is 4. The Balaban J connectivity index is 1.53. The van der Waals surface area contributed by atoms with Gasteiger partial charge < -0.3 is 10.1 Å². The molecule has 0 heterocycles. The second kappa shape index (κ2) is 13.7. The number of anilines is 1. The first-order valence-electron chi connectivity index (χ1n) is 11.0. The summed E-state index contributed by atoms with van der Waals surface area (Å²) in [7, 11) is 0. The lowest BCUT2D eigenvalue weighted by Crippen LogP contribution is -2.41. The fraction of sp³-hybridized carbons (Fsp3) is 0.360. The van der Waals surface area contributed by atoms with Gasteiger partial charge in [-0.2, -0.15) is 0 Å². The molecule has 0 unspecified atom stereocenters. The Bertz CT molecular complexity index is 960. The number of hydrazine groups is 1. The first kappa shape index (κ1) is 25.6. The van der Waals surface area contributed by atoms with E-state index in [0.29, 0.717) is 12.1 Å². The van der Waals surface area contributed by atoms with Gasteiger partial charge in [-0.3, -0.25) is 30.0 Å². The molecule has 0 aliphatic heterocycles. The Kier molecular flexibility index (Phi) is 10.6. The third kappa shape index (κ3) is 10.5. The van der Waals surface area contributed by atoms with Gasteiger partial charge in [0.05, 0.1) is 13.0 Å². The normalized spacial score (nSPS) is 10.2. The summed E-state index contributed by atoms with van der Waals surface area (Å²) >= 11 is 0. The van der Waals surface area contributed by atoms with Crippen molar-refractivity contribution in [2.75, 3.05) is 11.9 Å². The third-order valence-electron chi connectivity index (χ3n) is 4.98. The van der Waals surface area contributed by atoms with Crippen LogP contribution in [0.3, 0.4) is 0 Å². The first-order chi connectivity index (χ1) is 15.8. The number of nitrogens with one attached hydrogen (secondary N) is 3. The van der Waals surface area contributed by atoms with Crippen LogP contribution in [0.25, 0.3) is 0 Å². The quantitative estimate of drug-likeness (QED) is 0.275. The van der Waals surface area contributed by atoms with Crippen LogP contribution in [0.15, 0.2) is 48.5 Å². The summed E-state index contributed by atoms with van der Waals surface area (Å²) in [4.78, 5) is 47.3. The predicted molar refractivity (Wildman–Crippen MR) is 125 cm³/mol. The van der Waals surface area contributed by atoms with Gasteiger partial charge in [0.15, 0.2) is 0 Å². The van der Waals surface area contributed by atoms with Crippen molar-refractivity contribution in [2.45, 2.75) is 52.4 Å². The average Bonchev–Trinajstić information content (AvgIpc) is 2.81. The minimum atomic E-state index is -0.510. The molecule has 0 bridgehead atoms. The second-order valence-electron chi connectivity index (χ2n) is 7.75. The Hall–Kier alpha value is -3.68. The zero-order valence-electron chi connectivity index (χ0n) is 19.1. The SMILES string of the molecule is Cc1ccc(NC(=O)CCC(=O)NNC(=O)CCC(=O)OCCCc2ccccc2)cc1C. The predicted octanol–water partition coefficient (Wildman–Crippen LogP) is 3.13. The summed E-state index contributed by atoms with van der Waals surface area (Å²) in [6.07, 6.45) is 1.22. The zero-order chi connectivity index (χ0) is 24.1. The van der Waals surface area contributed by atoms with Crippen LogP contribution in [-0.2, 0) is 30.3 Å². The van der Waals surface area contributed by atoms with Crippen LogP contribution < -0.4 is 16.2 Å². The molecule has 2 rings (SSSR count). The van der Waals surface area contributed by atoms with E-state index in [4.69, 9.17) is 4.74 Å². The number of ether oxygens (including phenoxy) is 1. The van der Waals surface area contributed by atoms with Gasteiger partial charge in [0.25, 0.3) is 0 Å². The van der Waals surface area contributed by atoms with E-state index in [1.54, 1.807) is 6.07 Å². The molecule has 0 aliphatic carbocycles. The first-order valence-corrected chi connectivity index (χ1v) is 11.0. The third-order valence-corrected chi connectivity index (χ3v) is 4.98. The van der Waals surface area contributed by atoms with Crippen molar-refractivity contribution in [3.63, 3.8) is 0 Å². The van der Waals surface area contributed by atoms with E-state index in [-0.39, 0.29) is 38.2 Å². The highest BCUT2D eigenvalue weighted by Crippen LogP contribution is 2.14. The van der Waals surface area contributed by atoms with E-state index in [1.165, 1.54) is 5.56 Å². The summed E-state index contributed by atoms with van der Waals surface area (Å²) < 4.78 is 5.12. The number of hydrogen-bond donors (Lipinski definition) is 3. The highest BCUT2D eigenvalue weighted by Gasteiger charge is 2.11. The Labute approximate surface area is 194 Å². The summed E-state index contributed by atoms with van der Waals surface area (Å²) in [5.41, 5.74) is 8.50. The number of rotatable bonds is 11. The number of hydrogen-bond acceptors (Lipinski definition) is 5. The lowest BCUT2D eigenvalue weighted by molar-refractivity contribution is -0.145. The van der Waals surface area contributed by atoms with Crippen LogP contribution in [0.2, 0.25) is 0 Å². The number of amides is 3. The van der Waals surface area contributed by atoms with Crippen molar-refractivity contribution >= 4 is 29.4 Å². The topological polar surface area (TPSA) is 114 Å². The van der Waals surface area contributed by atoms with Gasteiger partial charge in [0, 0.05) is 24.9 Å². The molecule has 8 heteroatoms. The van der Waals surface area contributed by atoms with Crippen molar-refractivity contribution in [3.8, 4) is 0 Å². The fourth-order valence-electron chi connectivity index (χ4n) is 2.93. The van der Waals surface area contributed by atoms with E-state index >= 15 is 0 Å². The van der Waals surface area contributed by atoms with Crippen LogP contribution >= 0.6 is 0 Å². The van der Waals surface area contributed by atoms with Crippen LogP contribution in [0, 0.1) is 13.8 Å². The molecule has 2 aromatic carbocycles. The molecule has 0 spiro atoms. The summed E-state index contributed by atoms with van der Waals surface area (Å²) in [5, 5.41) is 2.74. The molecule has 3 amide bonds. The Morgan fingerprint density at radius 1 is 0.758 bits per heavy atom. The molecule has 2 aromatic rings. The van der Waals surface area contributed by atoms with E-state index < -0.39 is 17.8 Å². The lowest BCUT2D eigenvalue weighted by atomic mass is 10.1. The smallest absolute Gasteiger partial charge is 0.306 e. The monoisotopic (exact) mass is 453 g/mol. The molecule has 176 valence electrons. The molecule has 33 heavy (non-hydrogen) atoms. The van der Waals surface area contributed by atoms with Crippen molar-refractivity contribution < 1.29 is 23.9 Å². The molecule has 0 radical (unpaired) electrons. The van der Waals surface area contributed by atoms with Gasteiger partial charge in [0.2, 0.25) is 17.7 Å². The largest absolute Gasteiger partial charge is 0.466 e. The van der Waals surface area contributed by atoms with Crippen molar-refractivity contribution in [1.29, 1.82) is 0 Å². The highest BCUT2D eigenvalue weighted by atomic mass is 16.5. The van der Waals surface area contributed by atoms with Crippen molar-refractivity contribution in [2.24, 2.45) is 0 Å². The summed E-state index contributed by atoms with van der Waals surface area (Å²) in [5.74, 6) is -1.77. The molecular weight excluding hydrogens is 422 g/mol. The van der Waals surface area contributed by atoms with Crippen LogP contribution in [0.1, 0.15) is 48.8 Å². The van der Waals surface area contributed by atoms with Gasteiger partial charge in [-0.1, -0.05) is 36.4 Å². The zero-order valence-corrected chi connectivity index (χ0v) is 19.1. The number of carbonyl (C=O) groups is 4. The van der Waals surface area contributed by atoms with Gasteiger partial charge in [-0.05, 0) is 55.5 Å².